The molecule has 0 aromatic heterocycles. The molecule has 0 fully saturated rings. The number of sulfone groups is 1. The third-order valence-corrected chi connectivity index (χ3v) is 2.17. The zero-order valence-electron chi connectivity index (χ0n) is 8.32. The molecule has 0 aliphatic carbocycles. The van der Waals surface area contributed by atoms with Crippen LogP contribution in [0.15, 0.2) is 0 Å². The minimum Gasteiger partial charge on any atom is -0.383 e. The van der Waals surface area contributed by atoms with Gasteiger partial charge in [0.15, 0.2) is 9.84 Å². The molecule has 0 radical (unpaired) electrons. The molecule has 0 saturated carbocycles. The molecule has 0 unspecified atom stereocenters. The average Bonchev–Trinajstić information content (AvgIpc) is 1.98. The van der Waals surface area contributed by atoms with Gasteiger partial charge in [-0.15, -0.1) is 0 Å². The fourth-order valence-corrected chi connectivity index (χ4v) is 1.77. The topological polar surface area (TPSA) is 55.8 Å². The zero-order chi connectivity index (χ0) is 10.3. The molecule has 0 atom stereocenters. The molecular formula is C7H17NO4S. The molecule has 0 aromatic rings. The fraction of sp³-hybridized carbons (Fsp3) is 1.00. The van der Waals surface area contributed by atoms with Gasteiger partial charge in [0.25, 0.3) is 0 Å². The monoisotopic (exact) mass is 211 g/mol. The highest BCUT2D eigenvalue weighted by atomic mass is 32.2. The Balaban J connectivity index is 3.94. The van der Waals surface area contributed by atoms with Crippen molar-refractivity contribution >= 4 is 9.84 Å². The summed E-state index contributed by atoms with van der Waals surface area (Å²) in [6, 6.07) is 0. The van der Waals surface area contributed by atoms with Gasteiger partial charge in [0.2, 0.25) is 0 Å². The molecular weight excluding hydrogens is 194 g/mol. The Labute approximate surface area is 79.5 Å². The number of ether oxygens (including phenoxy) is 2. The van der Waals surface area contributed by atoms with Crippen LogP contribution < -0.4 is 0 Å². The van der Waals surface area contributed by atoms with Gasteiger partial charge in [-0.1, -0.05) is 0 Å². The Morgan fingerprint density at radius 1 is 1.23 bits per heavy atom. The van der Waals surface area contributed by atoms with Crippen molar-refractivity contribution in [1.29, 1.82) is 0 Å². The maximum atomic E-state index is 10.9. The molecule has 0 N–H and O–H groups in total. The van der Waals surface area contributed by atoms with E-state index in [0.29, 0.717) is 19.9 Å². The van der Waals surface area contributed by atoms with Crippen molar-refractivity contribution in [2.24, 2.45) is 0 Å². The molecule has 80 valence electrons. The molecule has 0 bridgehead atoms. The Morgan fingerprint density at radius 3 is 2.23 bits per heavy atom. The van der Waals surface area contributed by atoms with Gasteiger partial charge in [-0.05, 0) is 0 Å². The molecule has 0 amide bonds. The Kier molecular flexibility index (Phi) is 6.23. The Hall–Kier alpha value is -0.170. The third-order valence-electron chi connectivity index (χ3n) is 1.34. The summed E-state index contributed by atoms with van der Waals surface area (Å²) in [6.07, 6.45) is 1.20. The summed E-state index contributed by atoms with van der Waals surface area (Å²) in [5.41, 5.74) is 0. The lowest BCUT2D eigenvalue weighted by atomic mass is 10.6. The lowest BCUT2D eigenvalue weighted by molar-refractivity contribution is 0.0558. The van der Waals surface area contributed by atoms with Crippen LogP contribution >= 0.6 is 0 Å². The van der Waals surface area contributed by atoms with E-state index in [4.69, 9.17) is 9.47 Å². The van der Waals surface area contributed by atoms with Crippen LogP contribution in [0.4, 0.5) is 0 Å². The number of hydrogen-bond donors (Lipinski definition) is 0. The third kappa shape index (κ3) is 8.17. The first-order chi connectivity index (χ1) is 5.99. The van der Waals surface area contributed by atoms with E-state index >= 15 is 0 Å². The summed E-state index contributed by atoms with van der Waals surface area (Å²) >= 11 is 0. The number of hydrogen-bond acceptors (Lipinski definition) is 5. The fourth-order valence-electron chi connectivity index (χ4n) is 0.901. The Morgan fingerprint density at radius 2 is 1.85 bits per heavy atom. The first kappa shape index (κ1) is 12.8. The van der Waals surface area contributed by atoms with Crippen molar-refractivity contribution in [3.8, 4) is 0 Å². The van der Waals surface area contributed by atoms with Gasteiger partial charge in [-0.25, -0.2) is 8.42 Å². The number of rotatable bonds is 7. The van der Waals surface area contributed by atoms with Gasteiger partial charge in [-0.3, -0.25) is 4.90 Å². The molecule has 6 heteroatoms. The molecule has 0 saturated heterocycles. The normalized spacial score (nSPS) is 12.3. The van der Waals surface area contributed by atoms with E-state index in [-0.39, 0.29) is 5.88 Å². The number of methoxy groups -OCH3 is 2. The Bertz CT molecular complexity index is 215. The van der Waals surface area contributed by atoms with Gasteiger partial charge in [0.1, 0.15) is 5.88 Å². The van der Waals surface area contributed by atoms with Crippen LogP contribution in [0.25, 0.3) is 0 Å². The second kappa shape index (κ2) is 6.31. The highest BCUT2D eigenvalue weighted by molar-refractivity contribution is 7.90. The van der Waals surface area contributed by atoms with Crippen molar-refractivity contribution < 1.29 is 17.9 Å². The summed E-state index contributed by atoms with van der Waals surface area (Å²) in [7, 11) is 0.119. The van der Waals surface area contributed by atoms with E-state index in [9.17, 15) is 8.42 Å². The highest BCUT2D eigenvalue weighted by Gasteiger charge is 2.10. The van der Waals surface area contributed by atoms with Crippen molar-refractivity contribution in [1.82, 2.24) is 4.90 Å². The van der Waals surface area contributed by atoms with Gasteiger partial charge in [-0.2, -0.15) is 0 Å². The van der Waals surface area contributed by atoms with Crippen molar-refractivity contribution in [3.05, 3.63) is 0 Å². The summed E-state index contributed by atoms with van der Waals surface area (Å²) in [4.78, 5) is 1.67. The number of nitrogens with zero attached hydrogens (tertiary/aromatic N) is 1. The molecule has 0 heterocycles. The largest absolute Gasteiger partial charge is 0.383 e. The van der Waals surface area contributed by atoms with Crippen molar-refractivity contribution in [2.45, 2.75) is 0 Å². The predicted octanol–water partition coefficient (Wildman–Crippen LogP) is -0.459. The van der Waals surface area contributed by atoms with Crippen LogP contribution in [0.5, 0.6) is 0 Å². The highest BCUT2D eigenvalue weighted by Crippen LogP contribution is 1.93. The standard InChI is InChI=1S/C7H17NO4S/c1-11-5-4-8(6-12-2)7-13(3,9)10/h4-7H2,1-3H3. The lowest BCUT2D eigenvalue weighted by Gasteiger charge is -2.19. The molecule has 5 nitrogen and oxygen atoms in total. The van der Waals surface area contributed by atoms with Crippen molar-refractivity contribution in [3.63, 3.8) is 0 Å². The summed E-state index contributed by atoms with van der Waals surface area (Å²) in [5, 5.41) is 0. The summed E-state index contributed by atoms with van der Waals surface area (Å²) < 4.78 is 31.6. The summed E-state index contributed by atoms with van der Waals surface area (Å²) in [5.74, 6) is 0.00417. The SMILES string of the molecule is COCCN(COC)CS(C)(=O)=O. The van der Waals surface area contributed by atoms with Crippen LogP contribution in [-0.4, -0.2) is 59.6 Å². The molecule has 0 rings (SSSR count). The second-order valence-electron chi connectivity index (χ2n) is 2.86. The van der Waals surface area contributed by atoms with E-state index < -0.39 is 9.84 Å². The zero-order valence-corrected chi connectivity index (χ0v) is 9.13. The van der Waals surface area contributed by atoms with Gasteiger partial charge in [0, 0.05) is 27.0 Å². The minimum absolute atomic E-state index is 0.00417. The van der Waals surface area contributed by atoms with Gasteiger partial charge >= 0.3 is 0 Å². The molecule has 0 aliphatic heterocycles. The maximum absolute atomic E-state index is 10.9. The van der Waals surface area contributed by atoms with Crippen LogP contribution in [0.1, 0.15) is 0 Å². The van der Waals surface area contributed by atoms with Crippen molar-refractivity contribution in [2.75, 3.05) is 46.2 Å². The predicted molar refractivity (Wildman–Crippen MR) is 50.2 cm³/mol. The van der Waals surface area contributed by atoms with Gasteiger partial charge < -0.3 is 9.47 Å². The van der Waals surface area contributed by atoms with E-state index in [1.807, 2.05) is 0 Å². The second-order valence-corrected chi connectivity index (χ2v) is 4.97. The van der Waals surface area contributed by atoms with Crippen LogP contribution in [-0.2, 0) is 19.3 Å². The van der Waals surface area contributed by atoms with E-state index in [2.05, 4.69) is 0 Å². The van der Waals surface area contributed by atoms with Gasteiger partial charge in [0.05, 0.1) is 13.3 Å². The van der Waals surface area contributed by atoms with Crippen LogP contribution in [0.2, 0.25) is 0 Å². The molecule has 0 spiro atoms. The average molecular weight is 211 g/mol. The maximum Gasteiger partial charge on any atom is 0.160 e. The first-order valence-electron chi connectivity index (χ1n) is 3.87. The lowest BCUT2D eigenvalue weighted by Crippen LogP contribution is -2.33. The molecule has 0 aromatic carbocycles. The first-order valence-corrected chi connectivity index (χ1v) is 5.93. The minimum atomic E-state index is -2.99. The quantitative estimate of drug-likeness (QED) is 0.533. The molecule has 0 aliphatic rings. The van der Waals surface area contributed by atoms with E-state index in [1.54, 1.807) is 12.0 Å². The van der Waals surface area contributed by atoms with Crippen LogP contribution in [0.3, 0.4) is 0 Å². The van der Waals surface area contributed by atoms with Crippen LogP contribution in [0, 0.1) is 0 Å². The van der Waals surface area contributed by atoms with E-state index in [1.165, 1.54) is 13.4 Å². The smallest absolute Gasteiger partial charge is 0.160 e. The molecule has 13 heavy (non-hydrogen) atoms. The van der Waals surface area contributed by atoms with E-state index in [0.717, 1.165) is 0 Å². The summed E-state index contributed by atoms with van der Waals surface area (Å²) in [6.45, 7) is 1.35.